The maximum Gasteiger partial charge on any atom is 0.433 e. The third-order valence-corrected chi connectivity index (χ3v) is 3.90. The van der Waals surface area contributed by atoms with Gasteiger partial charge in [-0.1, -0.05) is 0 Å². The fourth-order valence-electron chi connectivity index (χ4n) is 1.29. The highest BCUT2D eigenvalue weighted by molar-refractivity contribution is 7.99. The fraction of sp³-hybridized carbons (Fsp3) is 0.500. The van der Waals surface area contributed by atoms with Gasteiger partial charge in [0.15, 0.2) is 0 Å². The molecule has 0 unspecified atom stereocenters. The molecule has 0 aliphatic heterocycles. The van der Waals surface area contributed by atoms with E-state index in [1.165, 1.54) is 11.8 Å². The molecule has 1 aromatic rings. The molecule has 0 bridgehead atoms. The molecule has 0 aliphatic carbocycles. The number of aromatic carboxylic acids is 1. The van der Waals surface area contributed by atoms with E-state index in [1.807, 2.05) is 20.1 Å². The number of aromatic nitrogens is 1. The number of carboxylic acids is 1. The SMILES string of the molecule is CSC(C)(C)CNc1nc(C(F)(F)F)ccc1C(=O)O. The summed E-state index contributed by atoms with van der Waals surface area (Å²) in [7, 11) is 0. The van der Waals surface area contributed by atoms with Gasteiger partial charge in [0.25, 0.3) is 0 Å². The molecule has 1 rings (SSSR count). The Morgan fingerprint density at radius 3 is 2.45 bits per heavy atom. The molecule has 4 nitrogen and oxygen atoms in total. The molecular weight excluding hydrogens is 293 g/mol. The first-order valence-corrected chi connectivity index (χ1v) is 6.90. The van der Waals surface area contributed by atoms with Gasteiger partial charge in [-0.15, -0.1) is 0 Å². The van der Waals surface area contributed by atoms with Gasteiger partial charge in [0.2, 0.25) is 0 Å². The standard InChI is InChI=1S/C12H15F3N2O2S/c1-11(2,20-3)6-16-9-7(10(18)19)4-5-8(17-9)12(13,14)15/h4-5H,6H2,1-3H3,(H,16,17)(H,18,19). The summed E-state index contributed by atoms with van der Waals surface area (Å²) in [6, 6.07) is 1.57. The van der Waals surface area contributed by atoms with Crippen LogP contribution in [-0.4, -0.2) is 33.6 Å². The number of pyridine rings is 1. The second kappa shape index (κ2) is 5.90. The maximum atomic E-state index is 12.6. The number of carbonyl (C=O) groups is 1. The van der Waals surface area contributed by atoms with Gasteiger partial charge in [-0.2, -0.15) is 24.9 Å². The van der Waals surface area contributed by atoms with Crippen LogP contribution in [-0.2, 0) is 6.18 Å². The monoisotopic (exact) mass is 308 g/mol. The van der Waals surface area contributed by atoms with Crippen molar-refractivity contribution < 1.29 is 23.1 Å². The predicted molar refractivity (Wildman–Crippen MR) is 72.3 cm³/mol. The van der Waals surface area contributed by atoms with Crippen molar-refractivity contribution in [3.05, 3.63) is 23.4 Å². The normalized spacial score (nSPS) is 12.3. The lowest BCUT2D eigenvalue weighted by atomic mass is 10.2. The first kappa shape index (κ1) is 16.6. The van der Waals surface area contributed by atoms with Crippen LogP contribution >= 0.6 is 11.8 Å². The van der Waals surface area contributed by atoms with Crippen LogP contribution < -0.4 is 5.32 Å². The van der Waals surface area contributed by atoms with Gasteiger partial charge >= 0.3 is 12.1 Å². The lowest BCUT2D eigenvalue weighted by Crippen LogP contribution is -2.27. The molecule has 0 radical (unpaired) electrons. The average molecular weight is 308 g/mol. The van der Waals surface area contributed by atoms with Gasteiger partial charge < -0.3 is 10.4 Å². The second-order valence-corrected chi connectivity index (χ2v) is 6.23. The number of nitrogens with zero attached hydrogens (tertiary/aromatic N) is 1. The molecule has 1 aromatic heterocycles. The Kier molecular flexibility index (Phi) is 4.90. The zero-order valence-electron chi connectivity index (χ0n) is 11.2. The van der Waals surface area contributed by atoms with Gasteiger partial charge in [-0.25, -0.2) is 9.78 Å². The molecular formula is C12H15F3N2O2S. The summed E-state index contributed by atoms with van der Waals surface area (Å²) in [4.78, 5) is 14.4. The van der Waals surface area contributed by atoms with Gasteiger partial charge in [0.05, 0.1) is 0 Å². The van der Waals surface area contributed by atoms with Crippen LogP contribution in [0.1, 0.15) is 29.9 Å². The van der Waals surface area contributed by atoms with E-state index in [2.05, 4.69) is 10.3 Å². The number of hydrogen-bond donors (Lipinski definition) is 2. The van der Waals surface area contributed by atoms with Gasteiger partial charge in [-0.3, -0.25) is 0 Å². The van der Waals surface area contributed by atoms with Gasteiger partial charge in [0.1, 0.15) is 17.1 Å². The number of alkyl halides is 3. The Bertz CT molecular complexity index is 504. The summed E-state index contributed by atoms with van der Waals surface area (Å²) in [6.07, 6.45) is -2.75. The minimum Gasteiger partial charge on any atom is -0.478 e. The third-order valence-electron chi connectivity index (χ3n) is 2.65. The molecule has 0 saturated carbocycles. The minimum absolute atomic E-state index is 0.258. The van der Waals surface area contributed by atoms with Gasteiger partial charge in [-0.05, 0) is 32.2 Å². The summed E-state index contributed by atoms with van der Waals surface area (Å²) in [6.45, 7) is 4.07. The van der Waals surface area contributed by atoms with Crippen molar-refractivity contribution >= 4 is 23.5 Å². The van der Waals surface area contributed by atoms with Crippen molar-refractivity contribution in [2.24, 2.45) is 0 Å². The molecule has 0 fully saturated rings. The summed E-state index contributed by atoms with van der Waals surface area (Å²) in [5.41, 5.74) is -1.40. The van der Waals surface area contributed by atoms with Crippen molar-refractivity contribution in [3.8, 4) is 0 Å². The van der Waals surface area contributed by atoms with Crippen molar-refractivity contribution in [2.45, 2.75) is 24.8 Å². The van der Waals surface area contributed by atoms with E-state index in [-0.39, 0.29) is 16.1 Å². The number of rotatable bonds is 5. The number of thioether (sulfide) groups is 1. The Balaban J connectivity index is 3.10. The predicted octanol–water partition coefficient (Wildman–Crippen LogP) is 3.35. The maximum absolute atomic E-state index is 12.6. The quantitative estimate of drug-likeness (QED) is 0.873. The number of carboxylic acid groups (broad SMARTS) is 1. The molecule has 0 aromatic carbocycles. The van der Waals surface area contributed by atoms with Crippen LogP contribution in [0.4, 0.5) is 19.0 Å². The zero-order chi connectivity index (χ0) is 15.6. The highest BCUT2D eigenvalue weighted by Crippen LogP contribution is 2.30. The van der Waals surface area contributed by atoms with Crippen molar-refractivity contribution in [2.75, 3.05) is 18.1 Å². The van der Waals surface area contributed by atoms with E-state index in [0.717, 1.165) is 6.07 Å². The first-order chi connectivity index (χ1) is 9.07. The Morgan fingerprint density at radius 1 is 1.40 bits per heavy atom. The molecule has 0 spiro atoms. The highest BCUT2D eigenvalue weighted by atomic mass is 32.2. The number of nitrogens with one attached hydrogen (secondary N) is 1. The topological polar surface area (TPSA) is 62.2 Å². The minimum atomic E-state index is -4.61. The molecule has 0 saturated heterocycles. The molecule has 2 N–H and O–H groups in total. The van der Waals surface area contributed by atoms with Crippen LogP contribution in [0.3, 0.4) is 0 Å². The van der Waals surface area contributed by atoms with Crippen LogP contribution in [0.2, 0.25) is 0 Å². The average Bonchev–Trinajstić information content (AvgIpc) is 2.35. The lowest BCUT2D eigenvalue weighted by Gasteiger charge is -2.23. The molecule has 8 heteroatoms. The van der Waals surface area contributed by atoms with Gasteiger partial charge in [0, 0.05) is 11.3 Å². The Morgan fingerprint density at radius 2 is 2.00 bits per heavy atom. The highest BCUT2D eigenvalue weighted by Gasteiger charge is 2.33. The summed E-state index contributed by atoms with van der Waals surface area (Å²) in [5, 5.41) is 11.7. The van der Waals surface area contributed by atoms with E-state index in [1.54, 1.807) is 0 Å². The van der Waals surface area contributed by atoms with Crippen LogP contribution in [0.15, 0.2) is 12.1 Å². The third kappa shape index (κ3) is 4.29. The lowest BCUT2D eigenvalue weighted by molar-refractivity contribution is -0.141. The van der Waals surface area contributed by atoms with Crippen LogP contribution in [0.25, 0.3) is 0 Å². The smallest absolute Gasteiger partial charge is 0.433 e. The number of halogens is 3. The molecule has 0 atom stereocenters. The van der Waals surface area contributed by atoms with E-state index >= 15 is 0 Å². The van der Waals surface area contributed by atoms with E-state index in [9.17, 15) is 18.0 Å². The number of hydrogen-bond acceptors (Lipinski definition) is 4. The first-order valence-electron chi connectivity index (χ1n) is 5.67. The van der Waals surface area contributed by atoms with Crippen LogP contribution in [0, 0.1) is 0 Å². The molecule has 0 aliphatic rings. The van der Waals surface area contributed by atoms with Crippen molar-refractivity contribution in [1.29, 1.82) is 0 Å². The number of anilines is 1. The molecule has 112 valence electrons. The summed E-state index contributed by atoms with van der Waals surface area (Å²) < 4.78 is 37.5. The Labute approximate surface area is 118 Å². The molecule has 20 heavy (non-hydrogen) atoms. The largest absolute Gasteiger partial charge is 0.478 e. The van der Waals surface area contributed by atoms with E-state index in [4.69, 9.17) is 5.11 Å². The summed E-state index contributed by atoms with van der Waals surface area (Å²) >= 11 is 1.51. The van der Waals surface area contributed by atoms with E-state index in [0.29, 0.717) is 12.6 Å². The summed E-state index contributed by atoms with van der Waals surface area (Å²) in [5.74, 6) is -1.59. The van der Waals surface area contributed by atoms with E-state index < -0.39 is 17.8 Å². The second-order valence-electron chi connectivity index (χ2n) is 4.71. The zero-order valence-corrected chi connectivity index (χ0v) is 12.0. The van der Waals surface area contributed by atoms with Crippen LogP contribution in [0.5, 0.6) is 0 Å². The molecule has 0 amide bonds. The molecule has 1 heterocycles. The fourth-order valence-corrected chi connectivity index (χ4v) is 1.51. The van der Waals surface area contributed by atoms with Crippen molar-refractivity contribution in [3.63, 3.8) is 0 Å². The Hall–Kier alpha value is -1.44. The van der Waals surface area contributed by atoms with Crippen molar-refractivity contribution in [1.82, 2.24) is 4.98 Å².